The molecule has 0 N–H and O–H groups in total. The lowest BCUT2D eigenvalue weighted by atomic mass is 9.72. The molecule has 4 aromatic rings. The molecule has 2 aliphatic carbocycles. The van der Waals surface area contributed by atoms with Crippen LogP contribution in [0.1, 0.15) is 31.0 Å². The van der Waals surface area contributed by atoms with Gasteiger partial charge in [0.2, 0.25) is 0 Å². The lowest BCUT2D eigenvalue weighted by molar-refractivity contribution is 0.357. The summed E-state index contributed by atoms with van der Waals surface area (Å²) in [5.41, 5.74) is 6.09. The Bertz CT molecular complexity index is 1530. The topological polar surface area (TPSA) is 41.6 Å². The van der Waals surface area contributed by atoms with Gasteiger partial charge in [0.1, 0.15) is 0 Å². The highest BCUT2D eigenvalue weighted by atomic mass is 15.1. The Morgan fingerprint density at radius 2 is 1.65 bits per heavy atom. The van der Waals surface area contributed by atoms with Gasteiger partial charge in [0.25, 0.3) is 0 Å². The monoisotopic (exact) mass is 439 g/mol. The zero-order chi connectivity index (χ0) is 23.1. The van der Waals surface area contributed by atoms with Gasteiger partial charge in [-0.2, -0.15) is 5.26 Å². The molecule has 2 aromatic carbocycles. The Hall–Kier alpha value is -4.16. The molecule has 2 heterocycles. The number of hydrogen-bond acceptors (Lipinski definition) is 2. The number of fused-ring (bicyclic) bond motifs is 3. The molecule has 3 nitrogen and oxygen atoms in total. The van der Waals surface area contributed by atoms with Crippen molar-refractivity contribution in [2.45, 2.75) is 25.3 Å². The number of allylic oxidation sites excluding steroid dienone is 8. The van der Waals surface area contributed by atoms with Crippen LogP contribution in [-0.2, 0) is 5.54 Å². The van der Waals surface area contributed by atoms with E-state index in [4.69, 9.17) is 0 Å². The molecule has 2 aliphatic rings. The molecule has 0 saturated heterocycles. The Labute approximate surface area is 199 Å². The number of aromatic nitrogens is 2. The minimum Gasteiger partial charge on any atom is -0.330 e. The molecule has 0 radical (unpaired) electrons. The third kappa shape index (κ3) is 3.07. The standard InChI is InChI=1S/C31H25N3/c1-31(34-29-15-6-4-12-25(29)26-13-5-7-16-30(26)34)18-9-8-14-27(31)23-10-2-3-11-24(23)28-20-22(21-32)17-19-33-28/h4-20,27H,2-3H2,1H3. The first-order valence-corrected chi connectivity index (χ1v) is 11.8. The second-order valence-corrected chi connectivity index (χ2v) is 9.21. The summed E-state index contributed by atoms with van der Waals surface area (Å²) in [6, 6.07) is 23.3. The maximum Gasteiger partial charge on any atom is 0.0992 e. The first kappa shape index (κ1) is 20.4. The van der Waals surface area contributed by atoms with E-state index < -0.39 is 0 Å². The Kier molecular flexibility index (Phi) is 4.81. The van der Waals surface area contributed by atoms with Gasteiger partial charge in [0, 0.05) is 33.9 Å². The molecule has 0 aliphatic heterocycles. The number of hydrogen-bond donors (Lipinski definition) is 0. The lowest BCUT2D eigenvalue weighted by Gasteiger charge is -2.41. The summed E-state index contributed by atoms with van der Waals surface area (Å²) in [4.78, 5) is 4.66. The third-order valence-electron chi connectivity index (χ3n) is 7.23. The molecule has 0 spiro atoms. The quantitative estimate of drug-likeness (QED) is 0.335. The predicted molar refractivity (Wildman–Crippen MR) is 139 cm³/mol. The van der Waals surface area contributed by atoms with Crippen LogP contribution in [0.5, 0.6) is 0 Å². The summed E-state index contributed by atoms with van der Waals surface area (Å²) in [6.07, 6.45) is 17.4. The fourth-order valence-electron chi connectivity index (χ4n) is 5.69. The molecule has 0 saturated carbocycles. The van der Waals surface area contributed by atoms with Crippen LogP contribution in [-0.4, -0.2) is 9.55 Å². The van der Waals surface area contributed by atoms with Crippen molar-refractivity contribution >= 4 is 27.4 Å². The first-order valence-electron chi connectivity index (χ1n) is 11.8. The van der Waals surface area contributed by atoms with Gasteiger partial charge < -0.3 is 4.57 Å². The predicted octanol–water partition coefficient (Wildman–Crippen LogP) is 7.32. The summed E-state index contributed by atoms with van der Waals surface area (Å²) in [5.74, 6) is 0.121. The minimum absolute atomic E-state index is 0.121. The van der Waals surface area contributed by atoms with Gasteiger partial charge in [-0.15, -0.1) is 0 Å². The summed E-state index contributed by atoms with van der Waals surface area (Å²) in [7, 11) is 0. The third-order valence-corrected chi connectivity index (χ3v) is 7.23. The van der Waals surface area contributed by atoms with E-state index in [9.17, 15) is 5.26 Å². The van der Waals surface area contributed by atoms with Crippen LogP contribution in [0.4, 0.5) is 0 Å². The average molecular weight is 440 g/mol. The number of pyridine rings is 1. The Morgan fingerprint density at radius 1 is 0.941 bits per heavy atom. The SMILES string of the molecule is CC1(n2c3ccccc3c3ccccc32)C=CC=CC1C1=CCCC=C1c1cc(C#N)ccn1. The van der Waals surface area contributed by atoms with E-state index >= 15 is 0 Å². The van der Waals surface area contributed by atoms with Crippen molar-refractivity contribution < 1.29 is 0 Å². The van der Waals surface area contributed by atoms with E-state index in [2.05, 4.69) is 108 Å². The molecule has 2 aromatic heterocycles. The summed E-state index contributed by atoms with van der Waals surface area (Å²) < 4.78 is 2.51. The zero-order valence-electron chi connectivity index (χ0n) is 19.1. The Morgan fingerprint density at radius 3 is 2.38 bits per heavy atom. The van der Waals surface area contributed by atoms with E-state index in [1.54, 1.807) is 12.3 Å². The number of rotatable bonds is 3. The smallest absolute Gasteiger partial charge is 0.0992 e. The van der Waals surface area contributed by atoms with Crippen molar-refractivity contribution in [3.63, 3.8) is 0 Å². The van der Waals surface area contributed by atoms with Crippen LogP contribution < -0.4 is 0 Å². The van der Waals surface area contributed by atoms with Crippen molar-refractivity contribution in [2.24, 2.45) is 5.92 Å². The van der Waals surface area contributed by atoms with Gasteiger partial charge in [-0.25, -0.2) is 0 Å². The second-order valence-electron chi connectivity index (χ2n) is 9.21. The zero-order valence-corrected chi connectivity index (χ0v) is 19.1. The largest absolute Gasteiger partial charge is 0.330 e. The van der Waals surface area contributed by atoms with Gasteiger partial charge in [0.15, 0.2) is 0 Å². The normalized spacial score (nSPS) is 21.9. The van der Waals surface area contributed by atoms with Gasteiger partial charge in [-0.3, -0.25) is 4.98 Å². The molecule has 2 unspecified atom stereocenters. The fraction of sp³-hybridized carbons (Fsp3) is 0.161. The van der Waals surface area contributed by atoms with E-state index in [1.165, 1.54) is 27.4 Å². The van der Waals surface area contributed by atoms with Gasteiger partial charge in [-0.05, 0) is 55.2 Å². The number of nitriles is 1. The maximum absolute atomic E-state index is 9.45. The van der Waals surface area contributed by atoms with Crippen molar-refractivity contribution in [3.05, 3.63) is 120 Å². The van der Waals surface area contributed by atoms with Crippen molar-refractivity contribution in [2.75, 3.05) is 0 Å². The van der Waals surface area contributed by atoms with Crippen LogP contribution >= 0.6 is 0 Å². The highest BCUT2D eigenvalue weighted by Crippen LogP contribution is 2.46. The van der Waals surface area contributed by atoms with Gasteiger partial charge in [-0.1, -0.05) is 72.9 Å². The Balaban J connectivity index is 1.56. The molecule has 34 heavy (non-hydrogen) atoms. The maximum atomic E-state index is 9.45. The number of nitrogens with zero attached hydrogens (tertiary/aromatic N) is 3. The highest BCUT2D eigenvalue weighted by Gasteiger charge is 2.39. The summed E-state index contributed by atoms with van der Waals surface area (Å²) >= 11 is 0. The van der Waals surface area contributed by atoms with Crippen LogP contribution in [0.2, 0.25) is 0 Å². The number of para-hydroxylation sites is 2. The van der Waals surface area contributed by atoms with E-state index in [-0.39, 0.29) is 11.5 Å². The molecule has 0 bridgehead atoms. The molecule has 0 fully saturated rings. The first-order chi connectivity index (χ1) is 16.7. The van der Waals surface area contributed by atoms with E-state index in [0.29, 0.717) is 5.56 Å². The van der Waals surface area contributed by atoms with E-state index in [1.807, 2.05) is 6.07 Å². The van der Waals surface area contributed by atoms with E-state index in [0.717, 1.165) is 24.1 Å². The minimum atomic E-state index is -0.313. The molecule has 0 amide bonds. The van der Waals surface area contributed by atoms with Crippen molar-refractivity contribution in [1.29, 1.82) is 5.26 Å². The van der Waals surface area contributed by atoms with Crippen LogP contribution in [0, 0.1) is 17.2 Å². The summed E-state index contributed by atoms with van der Waals surface area (Å²) in [6.45, 7) is 2.34. The van der Waals surface area contributed by atoms with Crippen LogP contribution in [0.3, 0.4) is 0 Å². The van der Waals surface area contributed by atoms with Gasteiger partial charge >= 0.3 is 0 Å². The average Bonchev–Trinajstić information content (AvgIpc) is 3.24. The molecule has 6 rings (SSSR count). The second kappa shape index (κ2) is 8.01. The number of benzene rings is 2. The summed E-state index contributed by atoms with van der Waals surface area (Å²) in [5, 5.41) is 12.0. The molecule has 164 valence electrons. The van der Waals surface area contributed by atoms with Crippen molar-refractivity contribution in [1.82, 2.24) is 9.55 Å². The van der Waals surface area contributed by atoms with Crippen LogP contribution in [0.25, 0.3) is 27.4 Å². The molecular weight excluding hydrogens is 414 g/mol. The molecule has 3 heteroatoms. The molecular formula is C31H25N3. The lowest BCUT2D eigenvalue weighted by Crippen LogP contribution is -2.38. The highest BCUT2D eigenvalue weighted by molar-refractivity contribution is 6.08. The van der Waals surface area contributed by atoms with Gasteiger partial charge in [0.05, 0.1) is 22.9 Å². The fourth-order valence-corrected chi connectivity index (χ4v) is 5.69. The van der Waals surface area contributed by atoms with Crippen LogP contribution in [0.15, 0.2) is 109 Å². The van der Waals surface area contributed by atoms with Crippen molar-refractivity contribution in [3.8, 4) is 6.07 Å². The molecule has 2 atom stereocenters.